The Morgan fingerprint density at radius 1 is 1.64 bits per heavy atom. The van der Waals surface area contributed by atoms with Gasteiger partial charge in [-0.3, -0.25) is 0 Å². The third-order valence-electron chi connectivity index (χ3n) is 2.14. The molecule has 4 heteroatoms. The first-order valence-electron chi connectivity index (χ1n) is 4.93. The van der Waals surface area contributed by atoms with Crippen LogP contribution >= 0.6 is 0 Å². The van der Waals surface area contributed by atoms with Gasteiger partial charge in [0.25, 0.3) is 0 Å². The summed E-state index contributed by atoms with van der Waals surface area (Å²) in [6.07, 6.45) is 1.12. The van der Waals surface area contributed by atoms with Crippen LogP contribution in [0.2, 0.25) is 0 Å². The summed E-state index contributed by atoms with van der Waals surface area (Å²) in [6.45, 7) is 9.07. The molecule has 1 aliphatic rings. The second-order valence-electron chi connectivity index (χ2n) is 3.77. The van der Waals surface area contributed by atoms with Gasteiger partial charge in [0.1, 0.15) is 6.10 Å². The number of carbonyl (C=O) groups is 1. The Morgan fingerprint density at radius 3 is 2.93 bits per heavy atom. The van der Waals surface area contributed by atoms with Crippen LogP contribution in [-0.4, -0.2) is 37.2 Å². The van der Waals surface area contributed by atoms with Gasteiger partial charge >= 0.3 is 5.97 Å². The quantitative estimate of drug-likeness (QED) is 0.495. The molecule has 0 aromatic heterocycles. The number of ether oxygens (including phenoxy) is 1. The Morgan fingerprint density at radius 2 is 2.36 bits per heavy atom. The lowest BCUT2D eigenvalue weighted by Crippen LogP contribution is -2.44. The monoisotopic (exact) mass is 198 g/mol. The fourth-order valence-electron chi connectivity index (χ4n) is 1.57. The predicted molar refractivity (Wildman–Crippen MR) is 55.0 cm³/mol. The molecule has 0 aromatic carbocycles. The highest BCUT2D eigenvalue weighted by molar-refractivity contribution is 5.81. The molecule has 14 heavy (non-hydrogen) atoms. The van der Waals surface area contributed by atoms with Crippen LogP contribution in [0.25, 0.3) is 0 Å². The van der Waals surface area contributed by atoms with E-state index in [-0.39, 0.29) is 18.1 Å². The van der Waals surface area contributed by atoms with E-state index in [0.29, 0.717) is 12.6 Å². The molecule has 1 saturated heterocycles. The van der Waals surface area contributed by atoms with Crippen molar-refractivity contribution in [2.45, 2.75) is 32.0 Å². The zero-order valence-electron chi connectivity index (χ0n) is 8.75. The molecule has 1 rings (SSSR count). The fourth-order valence-corrected chi connectivity index (χ4v) is 1.57. The smallest absolute Gasteiger partial charge is 0.330 e. The van der Waals surface area contributed by atoms with Crippen LogP contribution in [0.5, 0.6) is 0 Å². The highest BCUT2D eigenvalue weighted by Crippen LogP contribution is 2.06. The first-order chi connectivity index (χ1) is 6.63. The van der Waals surface area contributed by atoms with Crippen molar-refractivity contribution in [2.75, 3.05) is 13.1 Å². The van der Waals surface area contributed by atoms with Crippen molar-refractivity contribution < 1.29 is 9.53 Å². The van der Waals surface area contributed by atoms with E-state index in [9.17, 15) is 4.79 Å². The van der Waals surface area contributed by atoms with Crippen molar-refractivity contribution in [1.82, 2.24) is 10.6 Å². The van der Waals surface area contributed by atoms with Crippen molar-refractivity contribution >= 4 is 5.97 Å². The minimum Gasteiger partial charge on any atom is -0.456 e. The summed E-state index contributed by atoms with van der Waals surface area (Å²) >= 11 is 0. The zero-order valence-corrected chi connectivity index (χ0v) is 8.75. The van der Waals surface area contributed by atoms with Gasteiger partial charge in [0.05, 0.1) is 6.04 Å². The molecule has 4 nitrogen and oxygen atoms in total. The lowest BCUT2D eigenvalue weighted by Gasteiger charge is -2.21. The summed E-state index contributed by atoms with van der Waals surface area (Å²) in [5.41, 5.74) is 0. The molecule has 0 bridgehead atoms. The van der Waals surface area contributed by atoms with Gasteiger partial charge in [-0.15, -0.1) is 0 Å². The average molecular weight is 198 g/mol. The molecule has 0 unspecified atom stereocenters. The van der Waals surface area contributed by atoms with Crippen LogP contribution in [-0.2, 0) is 9.53 Å². The molecule has 0 amide bonds. The zero-order chi connectivity index (χ0) is 10.6. The predicted octanol–water partition coefficient (Wildman–Crippen LogP) is 0.0540. The van der Waals surface area contributed by atoms with Crippen LogP contribution in [0.3, 0.4) is 0 Å². The highest BCUT2D eigenvalue weighted by atomic mass is 16.5. The van der Waals surface area contributed by atoms with Crippen molar-refractivity contribution in [2.24, 2.45) is 0 Å². The Labute approximate surface area is 84.7 Å². The van der Waals surface area contributed by atoms with Crippen molar-refractivity contribution in [3.8, 4) is 0 Å². The van der Waals surface area contributed by atoms with Crippen LogP contribution in [0.4, 0.5) is 0 Å². The molecule has 2 N–H and O–H groups in total. The Balaban J connectivity index is 2.42. The van der Waals surface area contributed by atoms with Gasteiger partial charge in [0.15, 0.2) is 0 Å². The molecular weight excluding hydrogens is 180 g/mol. The molecule has 1 heterocycles. The van der Waals surface area contributed by atoms with E-state index in [4.69, 9.17) is 4.74 Å². The standard InChI is InChI=1S/C10H18N2O2/c1-4-10(13)14-9-6-11-5-8(9)12-7(2)3/h4,7-9,11-12H,1,5-6H2,2-3H3/t8-,9+/m0/s1. The molecule has 1 fully saturated rings. The maximum Gasteiger partial charge on any atom is 0.330 e. The van der Waals surface area contributed by atoms with Crippen molar-refractivity contribution in [1.29, 1.82) is 0 Å². The SMILES string of the molecule is C=CC(=O)O[C@@H]1CNC[C@@H]1NC(C)C. The molecule has 0 aromatic rings. The number of hydrogen-bond donors (Lipinski definition) is 2. The van der Waals surface area contributed by atoms with Crippen molar-refractivity contribution in [3.63, 3.8) is 0 Å². The summed E-state index contributed by atoms with van der Waals surface area (Å²) in [5, 5.41) is 6.53. The normalized spacial score (nSPS) is 26.5. The van der Waals surface area contributed by atoms with E-state index >= 15 is 0 Å². The van der Waals surface area contributed by atoms with E-state index < -0.39 is 0 Å². The minimum absolute atomic E-state index is 0.0806. The minimum atomic E-state index is -0.353. The first kappa shape index (κ1) is 11.2. The Hall–Kier alpha value is -0.870. The van der Waals surface area contributed by atoms with Crippen LogP contribution < -0.4 is 10.6 Å². The number of rotatable bonds is 4. The third-order valence-corrected chi connectivity index (χ3v) is 2.14. The van der Waals surface area contributed by atoms with E-state index in [1.54, 1.807) is 0 Å². The molecule has 0 radical (unpaired) electrons. The summed E-state index contributed by atoms with van der Waals surface area (Å²) < 4.78 is 5.19. The van der Waals surface area contributed by atoms with Gasteiger partial charge in [-0.25, -0.2) is 4.79 Å². The molecule has 0 saturated carbocycles. The van der Waals surface area contributed by atoms with Crippen molar-refractivity contribution in [3.05, 3.63) is 12.7 Å². The van der Waals surface area contributed by atoms with E-state index in [1.165, 1.54) is 6.08 Å². The van der Waals surface area contributed by atoms with Gasteiger partial charge in [0, 0.05) is 25.2 Å². The van der Waals surface area contributed by atoms with Gasteiger partial charge in [-0.1, -0.05) is 20.4 Å². The first-order valence-corrected chi connectivity index (χ1v) is 4.93. The Bertz CT molecular complexity index is 216. The summed E-state index contributed by atoms with van der Waals surface area (Å²) in [4.78, 5) is 11.0. The van der Waals surface area contributed by atoms with Gasteiger partial charge in [-0.2, -0.15) is 0 Å². The van der Waals surface area contributed by atoms with Gasteiger partial charge in [0.2, 0.25) is 0 Å². The third kappa shape index (κ3) is 3.12. The number of nitrogens with one attached hydrogen (secondary N) is 2. The van der Waals surface area contributed by atoms with Gasteiger partial charge < -0.3 is 15.4 Å². The lowest BCUT2D eigenvalue weighted by molar-refractivity contribution is -0.143. The second-order valence-corrected chi connectivity index (χ2v) is 3.77. The maximum absolute atomic E-state index is 11.0. The maximum atomic E-state index is 11.0. The highest BCUT2D eigenvalue weighted by Gasteiger charge is 2.29. The molecule has 0 spiro atoms. The van der Waals surface area contributed by atoms with Crippen LogP contribution in [0, 0.1) is 0 Å². The molecule has 80 valence electrons. The topological polar surface area (TPSA) is 50.4 Å². The average Bonchev–Trinajstić information content (AvgIpc) is 2.52. The molecule has 0 aliphatic carbocycles. The van der Waals surface area contributed by atoms with Gasteiger partial charge in [-0.05, 0) is 0 Å². The van der Waals surface area contributed by atoms with E-state index in [0.717, 1.165) is 6.54 Å². The Kier molecular flexibility index (Phi) is 4.10. The van der Waals surface area contributed by atoms with E-state index in [2.05, 4.69) is 31.1 Å². The number of esters is 1. The lowest BCUT2D eigenvalue weighted by atomic mass is 10.2. The largest absolute Gasteiger partial charge is 0.456 e. The number of carbonyl (C=O) groups excluding carboxylic acids is 1. The molecule has 2 atom stereocenters. The van der Waals surface area contributed by atoms with E-state index in [1.807, 2.05) is 0 Å². The van der Waals surface area contributed by atoms with Crippen LogP contribution in [0.1, 0.15) is 13.8 Å². The summed E-state index contributed by atoms with van der Waals surface area (Å²) in [7, 11) is 0. The number of hydrogen-bond acceptors (Lipinski definition) is 4. The molecule has 1 aliphatic heterocycles. The van der Waals surface area contributed by atoms with Crippen LogP contribution in [0.15, 0.2) is 12.7 Å². The fraction of sp³-hybridized carbons (Fsp3) is 0.700. The second kappa shape index (κ2) is 5.12. The summed E-state index contributed by atoms with van der Waals surface area (Å²) in [6, 6.07) is 0.601. The summed E-state index contributed by atoms with van der Waals surface area (Å²) in [5.74, 6) is -0.353. The molecular formula is C10H18N2O2.